The highest BCUT2D eigenvalue weighted by molar-refractivity contribution is 6.32. The number of aromatic nitrogens is 4. The Labute approximate surface area is 311 Å². The Hall–Kier alpha value is -5.36. The normalized spacial score (nSPS) is 18.6. The van der Waals surface area contributed by atoms with E-state index < -0.39 is 29.7 Å². The van der Waals surface area contributed by atoms with Gasteiger partial charge in [0.1, 0.15) is 17.9 Å². The largest absolute Gasteiger partial charge is 0.494 e. The van der Waals surface area contributed by atoms with Crippen molar-refractivity contribution in [2.45, 2.75) is 57.8 Å². The van der Waals surface area contributed by atoms with Gasteiger partial charge in [-0.25, -0.2) is 0 Å². The molecular formula is C38H40ClN9O5. The minimum atomic E-state index is -0.990. The second-order valence-electron chi connectivity index (χ2n) is 13.7. The molecule has 5 heterocycles. The van der Waals surface area contributed by atoms with Gasteiger partial charge < -0.3 is 9.64 Å². The molecule has 2 aromatic heterocycles. The lowest BCUT2D eigenvalue weighted by Gasteiger charge is -2.35. The number of piperazine rings is 1. The molecule has 0 radical (unpaired) electrons. The Morgan fingerprint density at radius 2 is 1.77 bits per heavy atom. The Morgan fingerprint density at radius 3 is 2.55 bits per heavy atom. The molecule has 274 valence electrons. The number of amides is 4. The van der Waals surface area contributed by atoms with E-state index in [2.05, 4.69) is 44.0 Å². The van der Waals surface area contributed by atoms with E-state index in [0.717, 1.165) is 74.0 Å². The van der Waals surface area contributed by atoms with Crippen molar-refractivity contribution in [1.82, 2.24) is 39.6 Å². The average Bonchev–Trinajstić information content (AvgIpc) is 3.88. The fourth-order valence-electron chi connectivity index (χ4n) is 7.16. The van der Waals surface area contributed by atoms with Crippen LogP contribution in [0.1, 0.15) is 70.6 Å². The second kappa shape index (κ2) is 15.7. The topological polar surface area (TPSA) is 159 Å². The molecular weight excluding hydrogens is 698 g/mol. The third-order valence-electron chi connectivity index (χ3n) is 10.0. The van der Waals surface area contributed by atoms with E-state index in [9.17, 15) is 19.2 Å². The Balaban J connectivity index is 0.824. The third-order valence-corrected chi connectivity index (χ3v) is 10.4. The first-order valence-electron chi connectivity index (χ1n) is 17.9. The first-order chi connectivity index (χ1) is 25.7. The first kappa shape index (κ1) is 36.0. The van der Waals surface area contributed by atoms with E-state index in [1.54, 1.807) is 30.3 Å². The maximum absolute atomic E-state index is 13.1. The van der Waals surface area contributed by atoms with Crippen molar-refractivity contribution < 1.29 is 23.9 Å². The van der Waals surface area contributed by atoms with Crippen molar-refractivity contribution in [3.63, 3.8) is 0 Å². The molecule has 0 saturated carbocycles. The summed E-state index contributed by atoms with van der Waals surface area (Å²) in [5, 5.41) is 21.2. The molecule has 3 aliphatic rings. The molecule has 0 bridgehead atoms. The molecule has 14 nitrogen and oxygen atoms in total. The molecule has 0 spiro atoms. The molecule has 2 saturated heterocycles. The van der Waals surface area contributed by atoms with Crippen molar-refractivity contribution in [2.24, 2.45) is 0 Å². The maximum atomic E-state index is 13.1. The highest BCUT2D eigenvalue weighted by atomic mass is 35.5. The standard InChI is InChI=1S/C38H40ClN9O5/c1-25(23-46-14-11-33(43-46)26-4-5-27(22-40)32(39)20-26)48-28(10-12-41-48)24-45-17-15-44(16-18-45)13-2-3-19-53-29-6-7-30-31(21-29)38(52)47(37(30)51)34-8-9-35(49)42-36(34)50/h4-7,10-12,14,20-21,25,34H,2-3,8-9,13,15-19,23-24H2,1H3,(H,42,49,50)/t25-,34?/m1/s1. The van der Waals surface area contributed by atoms with E-state index in [0.29, 0.717) is 29.5 Å². The van der Waals surface area contributed by atoms with Gasteiger partial charge in [-0.2, -0.15) is 15.5 Å². The van der Waals surface area contributed by atoms with Gasteiger partial charge in [0, 0.05) is 57.1 Å². The molecule has 7 rings (SSSR count). The molecule has 2 atom stereocenters. The number of fused-ring (bicyclic) bond motifs is 1. The number of halogens is 1. The average molecular weight is 738 g/mol. The van der Waals surface area contributed by atoms with Crippen LogP contribution in [0.2, 0.25) is 5.02 Å². The number of benzene rings is 2. The zero-order valence-electron chi connectivity index (χ0n) is 29.4. The van der Waals surface area contributed by atoms with Gasteiger partial charge in [-0.1, -0.05) is 17.7 Å². The number of nitriles is 1. The lowest BCUT2D eigenvalue weighted by atomic mass is 10.0. The van der Waals surface area contributed by atoms with Crippen molar-refractivity contribution in [3.05, 3.63) is 88.3 Å². The number of carbonyl (C=O) groups excluding carboxylic acids is 4. The van der Waals surface area contributed by atoms with Crippen LogP contribution in [-0.4, -0.2) is 103 Å². The minimum Gasteiger partial charge on any atom is -0.494 e. The van der Waals surface area contributed by atoms with Crippen LogP contribution in [0, 0.1) is 11.3 Å². The van der Waals surface area contributed by atoms with Gasteiger partial charge in [0.05, 0.1) is 52.3 Å². The number of hydrogen-bond acceptors (Lipinski definition) is 10. The molecule has 4 amide bonds. The number of carbonyl (C=O) groups is 4. The molecule has 0 aliphatic carbocycles. The van der Waals surface area contributed by atoms with E-state index in [4.69, 9.17) is 26.7 Å². The number of unbranched alkanes of at least 4 members (excludes halogenated alkanes) is 1. The Morgan fingerprint density at radius 1 is 0.981 bits per heavy atom. The second-order valence-corrected chi connectivity index (χ2v) is 14.1. The van der Waals surface area contributed by atoms with E-state index in [1.807, 2.05) is 29.2 Å². The van der Waals surface area contributed by atoms with Gasteiger partial charge in [0.2, 0.25) is 11.8 Å². The summed E-state index contributed by atoms with van der Waals surface area (Å²) in [6, 6.07) is 15.4. The number of ether oxygens (including phenoxy) is 1. The lowest BCUT2D eigenvalue weighted by Crippen LogP contribution is -2.54. The van der Waals surface area contributed by atoms with Gasteiger partial charge in [-0.3, -0.25) is 43.7 Å². The summed E-state index contributed by atoms with van der Waals surface area (Å²) in [4.78, 5) is 55.7. The van der Waals surface area contributed by atoms with Crippen molar-refractivity contribution in [3.8, 4) is 23.1 Å². The monoisotopic (exact) mass is 737 g/mol. The van der Waals surface area contributed by atoms with Crippen LogP contribution in [0.3, 0.4) is 0 Å². The fraction of sp³-hybridized carbons (Fsp3) is 0.395. The number of piperidine rings is 1. The number of rotatable bonds is 13. The smallest absolute Gasteiger partial charge is 0.262 e. The van der Waals surface area contributed by atoms with E-state index in [1.165, 1.54) is 0 Å². The molecule has 53 heavy (non-hydrogen) atoms. The van der Waals surface area contributed by atoms with Gasteiger partial charge in [-0.15, -0.1) is 0 Å². The summed E-state index contributed by atoms with van der Waals surface area (Å²) in [5.74, 6) is -1.60. The summed E-state index contributed by atoms with van der Waals surface area (Å²) in [5.41, 5.74) is 3.72. The number of hydrogen-bond donors (Lipinski definition) is 1. The van der Waals surface area contributed by atoms with Gasteiger partial charge in [0.15, 0.2) is 0 Å². The molecule has 3 aliphatic heterocycles. The van der Waals surface area contributed by atoms with Crippen molar-refractivity contribution in [2.75, 3.05) is 39.3 Å². The number of nitrogens with one attached hydrogen (secondary N) is 1. The van der Waals surface area contributed by atoms with Crippen molar-refractivity contribution >= 4 is 35.2 Å². The fourth-order valence-corrected chi connectivity index (χ4v) is 7.38. The van der Waals surface area contributed by atoms with Gasteiger partial charge >= 0.3 is 0 Å². The molecule has 1 N–H and O–H groups in total. The van der Waals surface area contributed by atoms with Gasteiger partial charge in [-0.05, 0) is 75.2 Å². The highest BCUT2D eigenvalue weighted by Crippen LogP contribution is 2.30. The van der Waals surface area contributed by atoms with Crippen LogP contribution in [0.5, 0.6) is 5.75 Å². The van der Waals surface area contributed by atoms with Gasteiger partial charge in [0.25, 0.3) is 11.8 Å². The van der Waals surface area contributed by atoms with Crippen molar-refractivity contribution in [1.29, 1.82) is 5.26 Å². The lowest BCUT2D eigenvalue weighted by molar-refractivity contribution is -0.136. The molecule has 4 aromatic rings. The quantitative estimate of drug-likeness (QED) is 0.158. The molecule has 2 aromatic carbocycles. The van der Waals surface area contributed by atoms with Crippen LogP contribution in [0.15, 0.2) is 60.9 Å². The Kier molecular flexibility index (Phi) is 10.7. The molecule has 1 unspecified atom stereocenters. The van der Waals surface area contributed by atoms with Crippen LogP contribution < -0.4 is 10.1 Å². The SMILES string of the molecule is C[C@H](Cn1ccc(-c2ccc(C#N)c(Cl)c2)n1)n1nccc1CN1CCN(CCCCOc2ccc3c(c2)C(=O)N(C2CCC(=O)NC2=O)C3=O)CC1. The summed E-state index contributed by atoms with van der Waals surface area (Å²) < 4.78 is 9.93. The Bertz CT molecular complexity index is 2080. The number of nitrogens with zero attached hydrogens (tertiary/aromatic N) is 8. The summed E-state index contributed by atoms with van der Waals surface area (Å²) >= 11 is 6.23. The predicted octanol–water partition coefficient (Wildman–Crippen LogP) is 3.91. The summed E-state index contributed by atoms with van der Waals surface area (Å²) in [6.07, 6.45) is 5.80. The van der Waals surface area contributed by atoms with Crippen LogP contribution >= 0.6 is 11.6 Å². The predicted molar refractivity (Wildman–Crippen MR) is 194 cm³/mol. The van der Waals surface area contributed by atoms with Crippen LogP contribution in [0.4, 0.5) is 0 Å². The summed E-state index contributed by atoms with van der Waals surface area (Å²) in [6.45, 7) is 8.93. The van der Waals surface area contributed by atoms with E-state index >= 15 is 0 Å². The molecule has 15 heteroatoms. The zero-order chi connectivity index (χ0) is 37.1. The zero-order valence-corrected chi connectivity index (χ0v) is 30.2. The van der Waals surface area contributed by atoms with Crippen LogP contribution in [0.25, 0.3) is 11.3 Å². The number of imide groups is 2. The highest BCUT2D eigenvalue weighted by Gasteiger charge is 2.44. The molecule has 2 fully saturated rings. The van der Waals surface area contributed by atoms with E-state index in [-0.39, 0.29) is 30.0 Å². The van der Waals surface area contributed by atoms with Crippen LogP contribution in [-0.2, 0) is 22.7 Å². The first-order valence-corrected chi connectivity index (χ1v) is 18.3. The summed E-state index contributed by atoms with van der Waals surface area (Å²) in [7, 11) is 0. The third kappa shape index (κ3) is 7.87. The maximum Gasteiger partial charge on any atom is 0.262 e. The minimum absolute atomic E-state index is 0.0798.